The second kappa shape index (κ2) is 8.48. The molecule has 0 atom stereocenters. The quantitative estimate of drug-likeness (QED) is 0.524. The summed E-state index contributed by atoms with van der Waals surface area (Å²) in [6.07, 6.45) is 6.66. The minimum atomic E-state index is -0.172. The fourth-order valence-electron chi connectivity index (χ4n) is 4.49. The van der Waals surface area contributed by atoms with Crippen LogP contribution in [0.15, 0.2) is 0 Å². The Morgan fingerprint density at radius 3 is 2.27 bits per heavy atom. The number of nitrogens with zero attached hydrogens (tertiary/aromatic N) is 2. The number of hydrogen-bond donors (Lipinski definition) is 0. The van der Waals surface area contributed by atoms with Crippen molar-refractivity contribution in [3.8, 4) is 0 Å². The van der Waals surface area contributed by atoms with E-state index in [4.69, 9.17) is 9.47 Å². The Kier molecular flexibility index (Phi) is 6.29. The first-order valence-corrected chi connectivity index (χ1v) is 9.74. The number of ether oxygens (including phenoxy) is 2. The number of piperidine rings is 2. The molecule has 3 amide bonds. The molecular weight excluding hydrogens is 336 g/mol. The Hall–Kier alpha value is -1.47. The molecule has 1 saturated carbocycles. The maximum absolute atomic E-state index is 12.6. The molecule has 0 aromatic carbocycles. The zero-order valence-electron chi connectivity index (χ0n) is 15.7. The van der Waals surface area contributed by atoms with Crippen LogP contribution in [0.5, 0.6) is 0 Å². The van der Waals surface area contributed by atoms with Crippen LogP contribution in [0, 0.1) is 5.41 Å². The van der Waals surface area contributed by atoms with Gasteiger partial charge in [0, 0.05) is 33.0 Å². The van der Waals surface area contributed by atoms with Crippen LogP contribution < -0.4 is 0 Å². The van der Waals surface area contributed by atoms with E-state index >= 15 is 0 Å². The van der Waals surface area contributed by atoms with Gasteiger partial charge in [-0.3, -0.25) is 19.3 Å². The van der Waals surface area contributed by atoms with E-state index in [1.165, 1.54) is 4.90 Å². The lowest BCUT2D eigenvalue weighted by atomic mass is 9.76. The first-order valence-electron chi connectivity index (χ1n) is 9.74. The molecule has 3 aliphatic rings. The van der Waals surface area contributed by atoms with Gasteiger partial charge in [-0.05, 0) is 31.1 Å². The standard InChI is InChI=1S/C19H30N2O5/c1-25-10-11-26-15-4-8-20(9-5-15)18(24)14-21-16(22)12-19(13-17(21)23)6-2-3-7-19/h15H,2-14H2,1H3. The van der Waals surface area contributed by atoms with Crippen LogP contribution in [0.3, 0.4) is 0 Å². The molecule has 0 unspecified atom stereocenters. The van der Waals surface area contributed by atoms with Gasteiger partial charge in [-0.2, -0.15) is 0 Å². The molecule has 1 spiro atoms. The fourth-order valence-corrected chi connectivity index (χ4v) is 4.49. The highest BCUT2D eigenvalue weighted by molar-refractivity contribution is 6.01. The van der Waals surface area contributed by atoms with E-state index in [-0.39, 0.29) is 35.8 Å². The van der Waals surface area contributed by atoms with E-state index in [0.29, 0.717) is 39.1 Å². The molecule has 2 heterocycles. The van der Waals surface area contributed by atoms with Gasteiger partial charge in [0.15, 0.2) is 0 Å². The lowest BCUT2D eigenvalue weighted by Crippen LogP contribution is -2.52. The van der Waals surface area contributed by atoms with Crippen molar-refractivity contribution in [3.63, 3.8) is 0 Å². The van der Waals surface area contributed by atoms with Crippen LogP contribution in [-0.4, -0.2) is 73.6 Å². The number of methoxy groups -OCH3 is 1. The highest BCUT2D eigenvalue weighted by atomic mass is 16.5. The Bertz CT molecular complexity index is 516. The van der Waals surface area contributed by atoms with Gasteiger partial charge in [0.1, 0.15) is 6.54 Å². The van der Waals surface area contributed by atoms with Crippen molar-refractivity contribution in [3.05, 3.63) is 0 Å². The minimum absolute atomic E-state index is 0.108. The molecule has 7 heteroatoms. The van der Waals surface area contributed by atoms with Crippen molar-refractivity contribution in [1.29, 1.82) is 0 Å². The van der Waals surface area contributed by atoms with E-state index < -0.39 is 0 Å². The SMILES string of the molecule is COCCOC1CCN(C(=O)CN2C(=O)CC3(CCCC3)CC2=O)CC1. The molecule has 1 aliphatic carbocycles. The Morgan fingerprint density at radius 2 is 1.69 bits per heavy atom. The zero-order chi connectivity index (χ0) is 18.6. The van der Waals surface area contributed by atoms with E-state index in [9.17, 15) is 14.4 Å². The molecule has 3 rings (SSSR count). The van der Waals surface area contributed by atoms with Crippen molar-refractivity contribution in [2.75, 3.05) is 40.0 Å². The molecule has 2 saturated heterocycles. The minimum Gasteiger partial charge on any atom is -0.382 e. The van der Waals surface area contributed by atoms with Crippen molar-refractivity contribution in [2.24, 2.45) is 5.41 Å². The van der Waals surface area contributed by atoms with Gasteiger partial charge in [0.2, 0.25) is 17.7 Å². The monoisotopic (exact) mass is 366 g/mol. The summed E-state index contributed by atoms with van der Waals surface area (Å²) in [6.45, 7) is 2.24. The molecule has 0 bridgehead atoms. The number of amides is 3. The van der Waals surface area contributed by atoms with E-state index in [1.807, 2.05) is 0 Å². The summed E-state index contributed by atoms with van der Waals surface area (Å²) in [5.41, 5.74) is -0.119. The maximum Gasteiger partial charge on any atom is 0.242 e. The number of carbonyl (C=O) groups is 3. The highest BCUT2D eigenvalue weighted by Crippen LogP contribution is 2.46. The topological polar surface area (TPSA) is 76.2 Å². The fraction of sp³-hybridized carbons (Fsp3) is 0.842. The van der Waals surface area contributed by atoms with Gasteiger partial charge in [-0.15, -0.1) is 0 Å². The van der Waals surface area contributed by atoms with Crippen LogP contribution in [0.2, 0.25) is 0 Å². The van der Waals surface area contributed by atoms with Crippen molar-refractivity contribution < 1.29 is 23.9 Å². The molecule has 3 fully saturated rings. The molecule has 26 heavy (non-hydrogen) atoms. The summed E-state index contributed by atoms with van der Waals surface area (Å²) < 4.78 is 10.7. The van der Waals surface area contributed by atoms with Gasteiger partial charge in [0.25, 0.3) is 0 Å². The first kappa shape index (κ1) is 19.3. The predicted octanol–water partition coefficient (Wildman–Crippen LogP) is 1.35. The van der Waals surface area contributed by atoms with E-state index in [0.717, 1.165) is 38.5 Å². The first-order chi connectivity index (χ1) is 12.5. The lowest BCUT2D eigenvalue weighted by Gasteiger charge is -2.38. The van der Waals surface area contributed by atoms with Gasteiger partial charge in [0.05, 0.1) is 19.3 Å². The average molecular weight is 366 g/mol. The molecule has 2 aliphatic heterocycles. The number of rotatable bonds is 6. The second-order valence-electron chi connectivity index (χ2n) is 7.88. The summed E-state index contributed by atoms with van der Waals surface area (Å²) >= 11 is 0. The number of imide groups is 1. The molecule has 0 radical (unpaired) electrons. The van der Waals surface area contributed by atoms with Crippen LogP contribution in [0.1, 0.15) is 51.4 Å². The number of hydrogen-bond acceptors (Lipinski definition) is 5. The van der Waals surface area contributed by atoms with Gasteiger partial charge >= 0.3 is 0 Å². The lowest BCUT2D eigenvalue weighted by molar-refractivity contribution is -0.157. The highest BCUT2D eigenvalue weighted by Gasteiger charge is 2.45. The third-order valence-corrected chi connectivity index (χ3v) is 6.05. The summed E-state index contributed by atoms with van der Waals surface area (Å²) in [5, 5.41) is 0. The predicted molar refractivity (Wildman–Crippen MR) is 94.3 cm³/mol. The van der Waals surface area contributed by atoms with Gasteiger partial charge in [-0.1, -0.05) is 12.8 Å². The van der Waals surface area contributed by atoms with Gasteiger partial charge < -0.3 is 14.4 Å². The molecule has 146 valence electrons. The van der Waals surface area contributed by atoms with Crippen molar-refractivity contribution >= 4 is 17.7 Å². The third kappa shape index (κ3) is 4.43. The average Bonchev–Trinajstić information content (AvgIpc) is 3.06. The normalized spacial score (nSPS) is 23.9. The number of carbonyl (C=O) groups excluding carboxylic acids is 3. The summed E-state index contributed by atoms with van der Waals surface area (Å²) in [6, 6.07) is 0. The smallest absolute Gasteiger partial charge is 0.242 e. The molecule has 7 nitrogen and oxygen atoms in total. The zero-order valence-corrected chi connectivity index (χ0v) is 15.7. The molecule has 0 aromatic rings. The largest absolute Gasteiger partial charge is 0.382 e. The Morgan fingerprint density at radius 1 is 1.08 bits per heavy atom. The van der Waals surface area contributed by atoms with Crippen LogP contribution in [0.25, 0.3) is 0 Å². The summed E-state index contributed by atoms with van der Waals surface area (Å²) in [4.78, 5) is 40.5. The van der Waals surface area contributed by atoms with E-state index in [1.54, 1.807) is 12.0 Å². The Balaban J connectivity index is 1.46. The third-order valence-electron chi connectivity index (χ3n) is 6.05. The van der Waals surface area contributed by atoms with Gasteiger partial charge in [-0.25, -0.2) is 0 Å². The Labute approximate surface area is 155 Å². The van der Waals surface area contributed by atoms with Crippen molar-refractivity contribution in [2.45, 2.75) is 57.5 Å². The molecule has 0 N–H and O–H groups in total. The van der Waals surface area contributed by atoms with Crippen LogP contribution in [0.4, 0.5) is 0 Å². The number of likely N-dealkylation sites (tertiary alicyclic amines) is 2. The summed E-state index contributed by atoms with van der Waals surface area (Å²) in [7, 11) is 1.64. The summed E-state index contributed by atoms with van der Waals surface area (Å²) in [5.74, 6) is -0.479. The second-order valence-corrected chi connectivity index (χ2v) is 7.88. The van der Waals surface area contributed by atoms with Crippen LogP contribution >= 0.6 is 0 Å². The van der Waals surface area contributed by atoms with E-state index in [2.05, 4.69) is 0 Å². The maximum atomic E-state index is 12.6. The molecule has 0 aromatic heterocycles. The molecular formula is C19H30N2O5. The van der Waals surface area contributed by atoms with Crippen molar-refractivity contribution in [1.82, 2.24) is 9.80 Å². The van der Waals surface area contributed by atoms with Crippen LogP contribution in [-0.2, 0) is 23.9 Å².